The first kappa shape index (κ1) is 17.2. The van der Waals surface area contributed by atoms with Gasteiger partial charge in [0, 0.05) is 30.9 Å². The van der Waals surface area contributed by atoms with E-state index in [2.05, 4.69) is 17.6 Å². The lowest BCUT2D eigenvalue weighted by atomic mass is 9.99. The summed E-state index contributed by atoms with van der Waals surface area (Å²) in [5, 5.41) is 9.07. The molecular formula is C14H28N2O2. The fraction of sp³-hybridized carbons (Fsp3) is 0.714. The van der Waals surface area contributed by atoms with Gasteiger partial charge in [0.05, 0.1) is 13.2 Å². The monoisotopic (exact) mass is 256 g/mol. The first-order chi connectivity index (χ1) is 8.46. The molecule has 4 heteroatoms. The Labute approximate surface area is 111 Å². The molecule has 0 saturated heterocycles. The van der Waals surface area contributed by atoms with E-state index >= 15 is 0 Å². The van der Waals surface area contributed by atoms with Gasteiger partial charge in [0.25, 0.3) is 0 Å². The van der Waals surface area contributed by atoms with E-state index in [1.54, 1.807) is 6.08 Å². The fourth-order valence-electron chi connectivity index (χ4n) is 1.48. The Morgan fingerprint density at radius 3 is 2.67 bits per heavy atom. The number of nitrogens with two attached hydrogens (primary N) is 1. The van der Waals surface area contributed by atoms with Crippen LogP contribution in [0.15, 0.2) is 24.4 Å². The quantitative estimate of drug-likeness (QED) is 0.459. The average molecular weight is 256 g/mol. The summed E-state index contributed by atoms with van der Waals surface area (Å²) in [6.45, 7) is 12.6. The third-order valence-corrected chi connectivity index (χ3v) is 2.88. The van der Waals surface area contributed by atoms with Crippen LogP contribution in [0.3, 0.4) is 0 Å². The Morgan fingerprint density at radius 1 is 1.50 bits per heavy atom. The molecule has 3 N–H and O–H groups in total. The van der Waals surface area contributed by atoms with Crippen molar-refractivity contribution in [2.45, 2.75) is 32.7 Å². The van der Waals surface area contributed by atoms with Crippen molar-refractivity contribution < 1.29 is 9.84 Å². The molecule has 1 unspecified atom stereocenters. The van der Waals surface area contributed by atoms with E-state index in [0.29, 0.717) is 19.8 Å². The van der Waals surface area contributed by atoms with Gasteiger partial charge in [0.2, 0.25) is 0 Å². The minimum atomic E-state index is -0.383. The highest BCUT2D eigenvalue weighted by molar-refractivity contribution is 5.06. The van der Waals surface area contributed by atoms with Crippen molar-refractivity contribution in [1.29, 1.82) is 0 Å². The number of ether oxygens (including phenoxy) is 1. The molecule has 0 aromatic heterocycles. The third kappa shape index (κ3) is 7.48. The zero-order valence-corrected chi connectivity index (χ0v) is 12.0. The SMILES string of the molecule is C=CC(C)(N)C/C=C(\C)N(CCO)CCOCC. The van der Waals surface area contributed by atoms with E-state index < -0.39 is 0 Å². The maximum atomic E-state index is 9.07. The third-order valence-electron chi connectivity index (χ3n) is 2.88. The van der Waals surface area contributed by atoms with Crippen LogP contribution in [0.1, 0.15) is 27.2 Å². The highest BCUT2D eigenvalue weighted by Crippen LogP contribution is 2.11. The predicted molar refractivity (Wildman–Crippen MR) is 76.3 cm³/mol. The van der Waals surface area contributed by atoms with E-state index in [1.165, 1.54) is 0 Å². The standard InChI is InChI=1S/C14H28N2O2/c1-5-14(4,15)8-7-13(3)16(9-11-17)10-12-18-6-2/h5,7,17H,1,6,8-12,15H2,2-4H3/b13-7+. The van der Waals surface area contributed by atoms with Crippen molar-refractivity contribution in [3.8, 4) is 0 Å². The highest BCUT2D eigenvalue weighted by atomic mass is 16.5. The van der Waals surface area contributed by atoms with Crippen LogP contribution in [0.4, 0.5) is 0 Å². The molecule has 0 fully saturated rings. The summed E-state index contributed by atoms with van der Waals surface area (Å²) in [6.07, 6.45) is 4.58. The molecule has 0 bridgehead atoms. The molecule has 1 atom stereocenters. The van der Waals surface area contributed by atoms with Crippen LogP contribution in [-0.2, 0) is 4.74 Å². The second kappa shape index (κ2) is 9.14. The lowest BCUT2D eigenvalue weighted by Crippen LogP contribution is -2.33. The number of hydrogen-bond acceptors (Lipinski definition) is 4. The van der Waals surface area contributed by atoms with Gasteiger partial charge < -0.3 is 20.5 Å². The van der Waals surface area contributed by atoms with Crippen LogP contribution in [0.2, 0.25) is 0 Å². The summed E-state index contributed by atoms with van der Waals surface area (Å²) in [5.74, 6) is 0. The summed E-state index contributed by atoms with van der Waals surface area (Å²) in [4.78, 5) is 2.11. The molecule has 0 aromatic carbocycles. The second-order valence-corrected chi connectivity index (χ2v) is 4.67. The van der Waals surface area contributed by atoms with Crippen molar-refractivity contribution in [1.82, 2.24) is 4.90 Å². The first-order valence-electron chi connectivity index (χ1n) is 6.49. The minimum absolute atomic E-state index is 0.138. The smallest absolute Gasteiger partial charge is 0.0641 e. The van der Waals surface area contributed by atoms with Crippen LogP contribution in [0, 0.1) is 0 Å². The average Bonchev–Trinajstić information content (AvgIpc) is 2.35. The van der Waals surface area contributed by atoms with Crippen LogP contribution in [0.25, 0.3) is 0 Å². The van der Waals surface area contributed by atoms with E-state index in [0.717, 1.165) is 18.7 Å². The van der Waals surface area contributed by atoms with E-state index in [1.807, 2.05) is 20.8 Å². The normalized spacial score (nSPS) is 15.3. The Kier molecular flexibility index (Phi) is 8.71. The number of rotatable bonds is 10. The van der Waals surface area contributed by atoms with Crippen molar-refractivity contribution in [2.75, 3.05) is 32.9 Å². The predicted octanol–water partition coefficient (Wildman–Crippen LogP) is 1.51. The molecule has 0 spiro atoms. The molecule has 0 aromatic rings. The van der Waals surface area contributed by atoms with Crippen LogP contribution in [-0.4, -0.2) is 48.5 Å². The van der Waals surface area contributed by atoms with Gasteiger partial charge in [-0.3, -0.25) is 0 Å². The molecular weight excluding hydrogens is 228 g/mol. The van der Waals surface area contributed by atoms with Gasteiger partial charge in [-0.2, -0.15) is 0 Å². The Hall–Kier alpha value is -0.840. The van der Waals surface area contributed by atoms with E-state index in [4.69, 9.17) is 15.6 Å². The lowest BCUT2D eigenvalue weighted by Gasteiger charge is -2.26. The topological polar surface area (TPSA) is 58.7 Å². The second-order valence-electron chi connectivity index (χ2n) is 4.67. The molecule has 0 aliphatic rings. The van der Waals surface area contributed by atoms with Crippen molar-refractivity contribution in [3.05, 3.63) is 24.4 Å². The summed E-state index contributed by atoms with van der Waals surface area (Å²) in [7, 11) is 0. The molecule has 0 aliphatic heterocycles. The van der Waals surface area contributed by atoms with Gasteiger partial charge >= 0.3 is 0 Å². The summed E-state index contributed by atoms with van der Waals surface area (Å²) in [5.41, 5.74) is 6.74. The molecule has 0 radical (unpaired) electrons. The van der Waals surface area contributed by atoms with Gasteiger partial charge in [-0.15, -0.1) is 6.58 Å². The number of aliphatic hydroxyl groups excluding tert-OH is 1. The van der Waals surface area contributed by atoms with E-state index in [9.17, 15) is 0 Å². The molecule has 0 amide bonds. The van der Waals surface area contributed by atoms with Crippen LogP contribution >= 0.6 is 0 Å². The zero-order chi connectivity index (χ0) is 14.0. The van der Waals surface area contributed by atoms with Crippen molar-refractivity contribution in [3.63, 3.8) is 0 Å². The van der Waals surface area contributed by atoms with Gasteiger partial charge in [-0.05, 0) is 27.2 Å². The van der Waals surface area contributed by atoms with Gasteiger partial charge in [-0.25, -0.2) is 0 Å². The lowest BCUT2D eigenvalue weighted by molar-refractivity contribution is 0.117. The molecule has 106 valence electrons. The maximum absolute atomic E-state index is 9.07. The number of allylic oxidation sites excluding steroid dienone is 1. The van der Waals surface area contributed by atoms with Crippen LogP contribution < -0.4 is 5.73 Å². The molecule has 0 rings (SSSR count). The summed E-state index contributed by atoms with van der Waals surface area (Å²) >= 11 is 0. The Balaban J connectivity index is 4.39. The molecule has 0 aliphatic carbocycles. The first-order valence-corrected chi connectivity index (χ1v) is 6.49. The van der Waals surface area contributed by atoms with Gasteiger partial charge in [0.15, 0.2) is 0 Å². The molecule has 0 heterocycles. The molecule has 18 heavy (non-hydrogen) atoms. The molecule has 4 nitrogen and oxygen atoms in total. The minimum Gasteiger partial charge on any atom is -0.395 e. The number of hydrogen-bond donors (Lipinski definition) is 2. The Bertz CT molecular complexity index is 263. The number of nitrogens with zero attached hydrogens (tertiary/aromatic N) is 1. The summed E-state index contributed by atoms with van der Waals surface area (Å²) in [6, 6.07) is 0. The maximum Gasteiger partial charge on any atom is 0.0641 e. The van der Waals surface area contributed by atoms with Gasteiger partial charge in [-0.1, -0.05) is 12.2 Å². The largest absolute Gasteiger partial charge is 0.395 e. The summed E-state index contributed by atoms with van der Waals surface area (Å²) < 4.78 is 5.34. The van der Waals surface area contributed by atoms with Crippen molar-refractivity contribution in [2.24, 2.45) is 5.73 Å². The highest BCUT2D eigenvalue weighted by Gasteiger charge is 2.12. The zero-order valence-electron chi connectivity index (χ0n) is 12.0. The molecule has 0 saturated carbocycles. The van der Waals surface area contributed by atoms with Crippen molar-refractivity contribution >= 4 is 0 Å². The van der Waals surface area contributed by atoms with Gasteiger partial charge in [0.1, 0.15) is 0 Å². The van der Waals surface area contributed by atoms with Crippen LogP contribution in [0.5, 0.6) is 0 Å². The Morgan fingerprint density at radius 2 is 2.17 bits per heavy atom. The number of aliphatic hydroxyl groups is 1. The fourth-order valence-corrected chi connectivity index (χ4v) is 1.48. The van der Waals surface area contributed by atoms with E-state index in [-0.39, 0.29) is 12.1 Å².